The maximum Gasteiger partial charge on any atom is 0.309 e. The Balaban J connectivity index is 2.13. The minimum atomic E-state index is -0.857. The van der Waals surface area contributed by atoms with Crippen LogP contribution in [0.15, 0.2) is 10.7 Å². The number of halogens is 1. The molecule has 0 bridgehead atoms. The van der Waals surface area contributed by atoms with E-state index in [4.69, 9.17) is 9.84 Å². The van der Waals surface area contributed by atoms with Crippen LogP contribution in [0, 0.1) is 0 Å². The Morgan fingerprint density at radius 1 is 1.62 bits per heavy atom. The maximum absolute atomic E-state index is 10.6. The summed E-state index contributed by atoms with van der Waals surface area (Å²) in [5.74, 6) is -0.857. The smallest absolute Gasteiger partial charge is 0.309 e. The summed E-state index contributed by atoms with van der Waals surface area (Å²) in [5.41, 5.74) is 0.589. The lowest BCUT2D eigenvalue weighted by Crippen LogP contribution is -2.20. The predicted molar refractivity (Wildman–Crippen MR) is 60.4 cm³/mol. The van der Waals surface area contributed by atoms with E-state index in [1.165, 1.54) is 0 Å². The molecule has 2 rings (SSSR count). The van der Waals surface area contributed by atoms with Gasteiger partial charge in [-0.1, -0.05) is 0 Å². The Morgan fingerprint density at radius 2 is 2.31 bits per heavy atom. The normalized spacial score (nSPS) is 17.6. The second kappa shape index (κ2) is 4.97. The molecule has 1 N–H and O–H groups in total. The topological polar surface area (TPSA) is 64.3 Å². The molecule has 88 valence electrons. The summed E-state index contributed by atoms with van der Waals surface area (Å²) < 4.78 is 7.99. The summed E-state index contributed by atoms with van der Waals surface area (Å²) in [7, 11) is 0. The van der Waals surface area contributed by atoms with Crippen molar-refractivity contribution in [3.63, 3.8) is 0 Å². The van der Waals surface area contributed by atoms with Gasteiger partial charge in [-0.3, -0.25) is 9.48 Å². The summed E-state index contributed by atoms with van der Waals surface area (Å²) in [6.07, 6.45) is 1.81. The lowest BCUT2D eigenvalue weighted by Gasteiger charge is -2.23. The van der Waals surface area contributed by atoms with Crippen LogP contribution in [0.25, 0.3) is 0 Å². The molecule has 1 aromatic rings. The first-order chi connectivity index (χ1) is 7.66. The van der Waals surface area contributed by atoms with Crippen LogP contribution < -0.4 is 0 Å². The molecular weight excluding hydrogens is 276 g/mol. The molecule has 0 amide bonds. The Labute approximate surface area is 102 Å². The van der Waals surface area contributed by atoms with E-state index in [0.717, 1.165) is 30.7 Å². The summed E-state index contributed by atoms with van der Waals surface area (Å²) in [6.45, 7) is 1.48. The Bertz CT molecular complexity index is 385. The number of aliphatic carboxylic acids is 1. The molecule has 1 aliphatic rings. The number of hydrogen-bond donors (Lipinski definition) is 1. The van der Waals surface area contributed by atoms with E-state index in [1.54, 1.807) is 6.07 Å². The molecule has 0 saturated carbocycles. The summed E-state index contributed by atoms with van der Waals surface area (Å²) >= 11 is 3.41. The number of ether oxygens (including phenoxy) is 1. The molecule has 1 fully saturated rings. The van der Waals surface area contributed by atoms with Gasteiger partial charge in [-0.2, -0.15) is 5.10 Å². The van der Waals surface area contributed by atoms with Gasteiger partial charge in [0, 0.05) is 13.2 Å². The van der Waals surface area contributed by atoms with Crippen LogP contribution >= 0.6 is 15.9 Å². The minimum absolute atomic E-state index is 0.0329. The van der Waals surface area contributed by atoms with Gasteiger partial charge in [0.1, 0.15) is 4.60 Å². The number of rotatable bonds is 3. The fourth-order valence-corrected chi connectivity index (χ4v) is 2.48. The van der Waals surface area contributed by atoms with E-state index in [1.807, 2.05) is 4.68 Å². The fraction of sp³-hybridized carbons (Fsp3) is 0.600. The lowest BCUT2D eigenvalue weighted by molar-refractivity contribution is -0.136. The number of nitrogens with zero attached hydrogens (tertiary/aromatic N) is 2. The van der Waals surface area contributed by atoms with Gasteiger partial charge in [-0.15, -0.1) is 0 Å². The van der Waals surface area contributed by atoms with Crippen molar-refractivity contribution in [3.8, 4) is 0 Å². The molecule has 1 aromatic heterocycles. The maximum atomic E-state index is 10.6. The molecule has 1 saturated heterocycles. The zero-order valence-electron chi connectivity index (χ0n) is 8.73. The number of carbonyl (C=O) groups is 1. The van der Waals surface area contributed by atoms with E-state index in [2.05, 4.69) is 21.0 Å². The van der Waals surface area contributed by atoms with Crippen molar-refractivity contribution in [1.82, 2.24) is 9.78 Å². The van der Waals surface area contributed by atoms with Gasteiger partial charge < -0.3 is 9.84 Å². The first-order valence-corrected chi connectivity index (χ1v) is 5.99. The van der Waals surface area contributed by atoms with Gasteiger partial charge in [-0.25, -0.2) is 0 Å². The number of carboxylic acids is 1. The first-order valence-electron chi connectivity index (χ1n) is 5.20. The van der Waals surface area contributed by atoms with Crippen LogP contribution in [0.1, 0.15) is 24.6 Å². The van der Waals surface area contributed by atoms with Crippen molar-refractivity contribution in [1.29, 1.82) is 0 Å². The van der Waals surface area contributed by atoms with E-state index in [0.29, 0.717) is 11.7 Å². The second-order valence-corrected chi connectivity index (χ2v) is 4.63. The van der Waals surface area contributed by atoms with Crippen LogP contribution in [-0.2, 0) is 16.0 Å². The standard InChI is InChI=1S/C10H13BrN2O3/c11-9-5-7(6-10(14)15)12-13(9)8-1-3-16-4-2-8/h5,8H,1-4,6H2,(H,14,15). The average molecular weight is 289 g/mol. The highest BCUT2D eigenvalue weighted by molar-refractivity contribution is 9.10. The Morgan fingerprint density at radius 3 is 2.94 bits per heavy atom. The molecule has 16 heavy (non-hydrogen) atoms. The van der Waals surface area contributed by atoms with E-state index in [9.17, 15) is 4.79 Å². The van der Waals surface area contributed by atoms with Gasteiger partial charge in [0.2, 0.25) is 0 Å². The third kappa shape index (κ3) is 2.62. The lowest BCUT2D eigenvalue weighted by atomic mass is 10.1. The molecule has 0 radical (unpaired) electrons. The van der Waals surface area contributed by atoms with Crippen LogP contribution in [0.3, 0.4) is 0 Å². The van der Waals surface area contributed by atoms with Crippen LogP contribution in [-0.4, -0.2) is 34.1 Å². The molecular formula is C10H13BrN2O3. The van der Waals surface area contributed by atoms with Crippen LogP contribution in [0.2, 0.25) is 0 Å². The summed E-state index contributed by atoms with van der Waals surface area (Å²) in [5, 5.41) is 13.0. The van der Waals surface area contributed by atoms with Gasteiger partial charge >= 0.3 is 5.97 Å². The minimum Gasteiger partial charge on any atom is -0.481 e. The van der Waals surface area contributed by atoms with Gasteiger partial charge in [0.25, 0.3) is 0 Å². The monoisotopic (exact) mass is 288 g/mol. The van der Waals surface area contributed by atoms with E-state index >= 15 is 0 Å². The van der Waals surface area contributed by atoms with Crippen molar-refractivity contribution in [2.24, 2.45) is 0 Å². The van der Waals surface area contributed by atoms with Gasteiger partial charge in [-0.05, 0) is 34.8 Å². The third-order valence-corrected chi connectivity index (χ3v) is 3.20. The van der Waals surface area contributed by atoms with Crippen molar-refractivity contribution < 1.29 is 14.6 Å². The molecule has 5 nitrogen and oxygen atoms in total. The zero-order valence-corrected chi connectivity index (χ0v) is 10.3. The Hall–Kier alpha value is -0.880. The highest BCUT2D eigenvalue weighted by Crippen LogP contribution is 2.25. The highest BCUT2D eigenvalue weighted by Gasteiger charge is 2.19. The van der Waals surface area contributed by atoms with Crippen LogP contribution in [0.5, 0.6) is 0 Å². The Kier molecular flexibility index (Phi) is 3.60. The third-order valence-electron chi connectivity index (χ3n) is 2.61. The number of aromatic nitrogens is 2. The molecule has 0 spiro atoms. The van der Waals surface area contributed by atoms with Crippen molar-refractivity contribution in [3.05, 3.63) is 16.4 Å². The average Bonchev–Trinajstić information content (AvgIpc) is 2.60. The largest absolute Gasteiger partial charge is 0.481 e. The van der Waals surface area contributed by atoms with Gasteiger partial charge in [0.05, 0.1) is 18.2 Å². The molecule has 1 aliphatic heterocycles. The van der Waals surface area contributed by atoms with Crippen LogP contribution in [0.4, 0.5) is 0 Å². The summed E-state index contributed by atoms with van der Waals surface area (Å²) in [6, 6.07) is 2.08. The molecule has 6 heteroatoms. The first kappa shape index (κ1) is 11.6. The van der Waals surface area contributed by atoms with Crippen molar-refractivity contribution in [2.75, 3.05) is 13.2 Å². The quantitative estimate of drug-likeness (QED) is 0.918. The van der Waals surface area contributed by atoms with E-state index in [-0.39, 0.29) is 6.42 Å². The molecule has 0 atom stereocenters. The zero-order chi connectivity index (χ0) is 11.5. The molecule has 0 unspecified atom stereocenters. The van der Waals surface area contributed by atoms with Gasteiger partial charge in [0.15, 0.2) is 0 Å². The highest BCUT2D eigenvalue weighted by atomic mass is 79.9. The second-order valence-electron chi connectivity index (χ2n) is 3.82. The SMILES string of the molecule is O=C(O)Cc1cc(Br)n(C2CCOCC2)n1. The van der Waals surface area contributed by atoms with Crippen molar-refractivity contribution >= 4 is 21.9 Å². The number of carboxylic acid groups (broad SMARTS) is 1. The molecule has 0 aromatic carbocycles. The molecule has 0 aliphatic carbocycles. The molecule has 2 heterocycles. The van der Waals surface area contributed by atoms with E-state index < -0.39 is 5.97 Å². The fourth-order valence-electron chi connectivity index (χ4n) is 1.85. The number of hydrogen-bond acceptors (Lipinski definition) is 3. The predicted octanol–water partition coefficient (Wildman–Crippen LogP) is 1.62. The summed E-state index contributed by atoms with van der Waals surface area (Å²) in [4.78, 5) is 10.6. The van der Waals surface area contributed by atoms with Crippen molar-refractivity contribution in [2.45, 2.75) is 25.3 Å².